The lowest BCUT2D eigenvalue weighted by Gasteiger charge is -2.15. The third kappa shape index (κ3) is 5.26. The van der Waals surface area contributed by atoms with E-state index in [1.54, 1.807) is 4.68 Å². The molecule has 0 bridgehead atoms. The summed E-state index contributed by atoms with van der Waals surface area (Å²) in [7, 11) is 0. The zero-order chi connectivity index (χ0) is 14.9. The number of aliphatic hydroxyl groups is 2. The van der Waals surface area contributed by atoms with Crippen molar-refractivity contribution in [3.8, 4) is 0 Å². The maximum Gasteiger partial charge on any atom is 0.0964 e. The Labute approximate surface area is 124 Å². The summed E-state index contributed by atoms with van der Waals surface area (Å²) in [4.78, 5) is 0. The van der Waals surface area contributed by atoms with Crippen molar-refractivity contribution in [1.29, 1.82) is 0 Å². The van der Waals surface area contributed by atoms with Crippen LogP contribution in [0.25, 0.3) is 0 Å². The molecule has 0 aliphatic carbocycles. The van der Waals surface area contributed by atoms with E-state index < -0.39 is 0 Å². The summed E-state index contributed by atoms with van der Waals surface area (Å²) >= 11 is 0. The Morgan fingerprint density at radius 1 is 1.19 bits per heavy atom. The normalized spacial score (nSPS) is 12.5. The highest BCUT2D eigenvalue weighted by Crippen LogP contribution is 2.04. The highest BCUT2D eigenvalue weighted by atomic mass is 16.3. The largest absolute Gasteiger partial charge is 0.396 e. The monoisotopic (exact) mass is 290 g/mol. The molecule has 0 radical (unpaired) electrons. The minimum atomic E-state index is -0.00464. The van der Waals surface area contributed by atoms with Crippen molar-refractivity contribution in [3.05, 3.63) is 47.8 Å². The van der Waals surface area contributed by atoms with E-state index >= 15 is 0 Å². The molecule has 21 heavy (non-hydrogen) atoms. The van der Waals surface area contributed by atoms with E-state index in [0.717, 1.165) is 12.1 Å². The van der Waals surface area contributed by atoms with E-state index in [2.05, 4.69) is 27.8 Å². The van der Waals surface area contributed by atoms with Crippen LogP contribution in [0, 0.1) is 0 Å². The van der Waals surface area contributed by atoms with Gasteiger partial charge in [0, 0.05) is 31.9 Å². The van der Waals surface area contributed by atoms with E-state index in [1.807, 2.05) is 24.4 Å². The Hall–Kier alpha value is -1.76. The molecule has 114 valence electrons. The molecule has 2 aromatic rings. The van der Waals surface area contributed by atoms with Gasteiger partial charge < -0.3 is 15.5 Å². The molecule has 6 heteroatoms. The summed E-state index contributed by atoms with van der Waals surface area (Å²) in [5.74, 6) is 0. The van der Waals surface area contributed by atoms with E-state index in [-0.39, 0.29) is 19.3 Å². The van der Waals surface area contributed by atoms with Crippen LogP contribution in [0.4, 0.5) is 0 Å². The summed E-state index contributed by atoms with van der Waals surface area (Å²) in [5, 5.41) is 29.6. The summed E-state index contributed by atoms with van der Waals surface area (Å²) in [6, 6.07) is 10.1. The van der Waals surface area contributed by atoms with Crippen LogP contribution in [0.3, 0.4) is 0 Å². The van der Waals surface area contributed by atoms with Crippen LogP contribution in [0.5, 0.6) is 0 Å². The molecule has 0 spiro atoms. The summed E-state index contributed by atoms with van der Waals surface area (Å²) in [6.45, 7) is 1.46. The zero-order valence-corrected chi connectivity index (χ0v) is 12.0. The number of hydrogen-bond donors (Lipinski definition) is 3. The quantitative estimate of drug-likeness (QED) is 0.621. The number of hydrogen-bond acceptors (Lipinski definition) is 5. The molecule has 0 saturated heterocycles. The van der Waals surface area contributed by atoms with Crippen LogP contribution in [-0.4, -0.2) is 44.5 Å². The van der Waals surface area contributed by atoms with E-state index in [0.29, 0.717) is 19.5 Å². The molecule has 0 fully saturated rings. The molecule has 0 aliphatic rings. The van der Waals surface area contributed by atoms with Gasteiger partial charge in [0.1, 0.15) is 0 Å². The topological polar surface area (TPSA) is 83.2 Å². The molecular weight excluding hydrogens is 268 g/mol. The minimum absolute atomic E-state index is 0.00464. The Kier molecular flexibility index (Phi) is 6.33. The maximum atomic E-state index is 9.46. The van der Waals surface area contributed by atoms with Crippen molar-refractivity contribution in [3.63, 3.8) is 0 Å². The van der Waals surface area contributed by atoms with Gasteiger partial charge in [0.05, 0.1) is 12.3 Å². The van der Waals surface area contributed by atoms with Crippen LogP contribution < -0.4 is 5.32 Å². The van der Waals surface area contributed by atoms with Gasteiger partial charge in [0.25, 0.3) is 0 Å². The molecule has 0 aliphatic heterocycles. The number of benzene rings is 1. The van der Waals surface area contributed by atoms with Crippen molar-refractivity contribution in [2.45, 2.75) is 32.0 Å². The average molecular weight is 290 g/mol. The van der Waals surface area contributed by atoms with Gasteiger partial charge in [-0.05, 0) is 18.4 Å². The van der Waals surface area contributed by atoms with Gasteiger partial charge >= 0.3 is 0 Å². The fraction of sp³-hybridized carbons (Fsp3) is 0.467. The fourth-order valence-electron chi connectivity index (χ4n) is 2.11. The molecule has 1 aromatic carbocycles. The Bertz CT molecular complexity index is 515. The van der Waals surface area contributed by atoms with Crippen LogP contribution >= 0.6 is 0 Å². The van der Waals surface area contributed by atoms with E-state index in [1.165, 1.54) is 5.56 Å². The molecule has 2 rings (SSSR count). The molecule has 6 nitrogen and oxygen atoms in total. The predicted molar refractivity (Wildman–Crippen MR) is 79.6 cm³/mol. The summed E-state index contributed by atoms with van der Waals surface area (Å²) in [6.07, 6.45) is 3.30. The SMILES string of the molecule is OCCCn1cc(CN[C@H](CO)Cc2ccccc2)nn1. The smallest absolute Gasteiger partial charge is 0.0964 e. The first-order chi connectivity index (χ1) is 10.3. The van der Waals surface area contributed by atoms with Crippen LogP contribution in [0.2, 0.25) is 0 Å². The average Bonchev–Trinajstić information content (AvgIpc) is 2.98. The second-order valence-electron chi connectivity index (χ2n) is 5.00. The Morgan fingerprint density at radius 3 is 2.71 bits per heavy atom. The first-order valence-electron chi connectivity index (χ1n) is 7.20. The lowest BCUT2D eigenvalue weighted by atomic mass is 10.1. The van der Waals surface area contributed by atoms with Gasteiger partial charge in [-0.25, -0.2) is 0 Å². The number of aliphatic hydroxyl groups excluding tert-OH is 2. The molecule has 0 amide bonds. The van der Waals surface area contributed by atoms with Crippen molar-refractivity contribution in [2.75, 3.05) is 13.2 Å². The van der Waals surface area contributed by atoms with Crippen LogP contribution in [0.1, 0.15) is 17.7 Å². The number of rotatable bonds is 9. The van der Waals surface area contributed by atoms with Gasteiger partial charge in [0.15, 0.2) is 0 Å². The van der Waals surface area contributed by atoms with Gasteiger partial charge in [-0.2, -0.15) is 0 Å². The highest BCUT2D eigenvalue weighted by molar-refractivity contribution is 5.15. The van der Waals surface area contributed by atoms with Gasteiger partial charge in [-0.3, -0.25) is 4.68 Å². The number of aromatic nitrogens is 3. The fourth-order valence-corrected chi connectivity index (χ4v) is 2.11. The highest BCUT2D eigenvalue weighted by Gasteiger charge is 2.09. The second kappa shape index (κ2) is 8.51. The first kappa shape index (κ1) is 15.6. The van der Waals surface area contributed by atoms with E-state index in [4.69, 9.17) is 5.11 Å². The molecular formula is C15H22N4O2. The number of aryl methyl sites for hydroxylation is 1. The Balaban J connectivity index is 1.81. The molecule has 0 saturated carbocycles. The second-order valence-corrected chi connectivity index (χ2v) is 5.00. The standard InChI is InChI=1S/C15H22N4O2/c20-8-4-7-19-11-15(17-18-19)10-16-14(12-21)9-13-5-2-1-3-6-13/h1-3,5-6,11,14,16,20-21H,4,7-10,12H2/t14-/m0/s1. The summed E-state index contributed by atoms with van der Waals surface area (Å²) < 4.78 is 1.72. The van der Waals surface area contributed by atoms with Gasteiger partial charge in [-0.1, -0.05) is 35.5 Å². The molecule has 1 heterocycles. The predicted octanol–water partition coefficient (Wildman–Crippen LogP) is 0.354. The maximum absolute atomic E-state index is 9.46. The van der Waals surface area contributed by atoms with Gasteiger partial charge in [-0.15, -0.1) is 5.10 Å². The minimum Gasteiger partial charge on any atom is -0.396 e. The number of nitrogens with zero attached hydrogens (tertiary/aromatic N) is 3. The number of nitrogens with one attached hydrogen (secondary N) is 1. The molecule has 3 N–H and O–H groups in total. The lowest BCUT2D eigenvalue weighted by molar-refractivity contribution is 0.240. The lowest BCUT2D eigenvalue weighted by Crippen LogP contribution is -2.34. The Morgan fingerprint density at radius 2 is 2.00 bits per heavy atom. The third-order valence-corrected chi connectivity index (χ3v) is 3.25. The molecule has 1 aromatic heterocycles. The van der Waals surface area contributed by atoms with Crippen molar-refractivity contribution in [1.82, 2.24) is 20.3 Å². The third-order valence-electron chi connectivity index (χ3n) is 3.25. The van der Waals surface area contributed by atoms with Crippen LogP contribution in [-0.2, 0) is 19.5 Å². The van der Waals surface area contributed by atoms with Crippen molar-refractivity contribution >= 4 is 0 Å². The first-order valence-corrected chi connectivity index (χ1v) is 7.20. The van der Waals surface area contributed by atoms with Crippen LogP contribution in [0.15, 0.2) is 36.5 Å². The van der Waals surface area contributed by atoms with Crippen molar-refractivity contribution < 1.29 is 10.2 Å². The molecule has 1 atom stereocenters. The zero-order valence-electron chi connectivity index (χ0n) is 12.0. The molecule has 0 unspecified atom stereocenters. The van der Waals surface area contributed by atoms with Crippen molar-refractivity contribution in [2.24, 2.45) is 0 Å². The summed E-state index contributed by atoms with van der Waals surface area (Å²) in [5.41, 5.74) is 2.02. The van der Waals surface area contributed by atoms with E-state index in [9.17, 15) is 5.11 Å². The van der Waals surface area contributed by atoms with Gasteiger partial charge in [0.2, 0.25) is 0 Å².